The van der Waals surface area contributed by atoms with Gasteiger partial charge in [0.2, 0.25) is 0 Å². The van der Waals surface area contributed by atoms with Crippen molar-refractivity contribution in [2.24, 2.45) is 0 Å². The molecular formula is C10H11ClF3N3O. The largest absolute Gasteiger partial charge is 0.406 e. The Morgan fingerprint density at radius 1 is 1.56 bits per heavy atom. The third-order valence-electron chi connectivity index (χ3n) is 2.13. The van der Waals surface area contributed by atoms with E-state index >= 15 is 0 Å². The summed E-state index contributed by atoms with van der Waals surface area (Å²) in [7, 11) is 0. The molecule has 1 rings (SSSR count). The minimum atomic E-state index is -4.47. The topological polar surface area (TPSA) is 59.2 Å². The summed E-state index contributed by atoms with van der Waals surface area (Å²) in [5.41, 5.74) is 5.44. The fourth-order valence-electron chi connectivity index (χ4n) is 1.33. The van der Waals surface area contributed by atoms with Crippen molar-refractivity contribution in [3.63, 3.8) is 0 Å². The number of nitrogen functional groups attached to an aromatic ring is 1. The summed E-state index contributed by atoms with van der Waals surface area (Å²) in [5, 5.41) is -0.171. The summed E-state index contributed by atoms with van der Waals surface area (Å²) in [6.07, 6.45) is -3.24. The molecule has 100 valence electrons. The highest BCUT2D eigenvalue weighted by molar-refractivity contribution is 6.32. The Labute approximate surface area is 107 Å². The quantitative estimate of drug-likeness (QED) is 0.865. The number of carbonyl (C=O) groups is 1. The highest BCUT2D eigenvalue weighted by Gasteiger charge is 2.33. The summed E-state index contributed by atoms with van der Waals surface area (Å²) in [6.45, 7) is 0.00814. The molecule has 0 fully saturated rings. The number of hydrogen-bond donors (Lipinski definition) is 1. The van der Waals surface area contributed by atoms with Crippen LogP contribution in [0.5, 0.6) is 0 Å². The second kappa shape index (κ2) is 5.43. The molecule has 0 unspecified atom stereocenters. The first-order valence-corrected chi connectivity index (χ1v) is 5.39. The van der Waals surface area contributed by atoms with Crippen molar-refractivity contribution in [3.05, 3.63) is 23.0 Å². The van der Waals surface area contributed by atoms with Gasteiger partial charge in [-0.1, -0.05) is 11.6 Å². The molecule has 18 heavy (non-hydrogen) atoms. The van der Waals surface area contributed by atoms with Gasteiger partial charge in [-0.25, -0.2) is 4.98 Å². The minimum absolute atomic E-state index is 0.0938. The molecule has 8 heteroatoms. The number of anilines is 1. The van der Waals surface area contributed by atoms with E-state index in [9.17, 15) is 18.0 Å². The van der Waals surface area contributed by atoms with Gasteiger partial charge in [-0.05, 0) is 13.0 Å². The van der Waals surface area contributed by atoms with Crippen LogP contribution in [-0.2, 0) is 0 Å². The van der Waals surface area contributed by atoms with Gasteiger partial charge in [-0.2, -0.15) is 13.2 Å². The molecule has 1 amide bonds. The number of aromatic nitrogens is 1. The molecule has 0 aromatic carbocycles. The van der Waals surface area contributed by atoms with Gasteiger partial charge in [0.15, 0.2) is 0 Å². The van der Waals surface area contributed by atoms with E-state index in [2.05, 4.69) is 4.98 Å². The number of alkyl halides is 3. The minimum Gasteiger partial charge on any atom is -0.397 e. The summed E-state index contributed by atoms with van der Waals surface area (Å²) < 4.78 is 36.8. The van der Waals surface area contributed by atoms with Crippen molar-refractivity contribution >= 4 is 23.2 Å². The van der Waals surface area contributed by atoms with Gasteiger partial charge in [0.1, 0.15) is 11.7 Å². The third kappa shape index (κ3) is 3.76. The predicted octanol–water partition coefficient (Wildman–Crippen LogP) is 2.34. The Bertz CT molecular complexity index is 450. The molecular weight excluding hydrogens is 271 g/mol. The molecule has 2 N–H and O–H groups in total. The van der Waals surface area contributed by atoms with Gasteiger partial charge in [-0.15, -0.1) is 0 Å². The number of nitrogens with two attached hydrogens (primary N) is 1. The lowest BCUT2D eigenvalue weighted by atomic mass is 10.2. The Balaban J connectivity index is 3.00. The molecule has 0 saturated heterocycles. The van der Waals surface area contributed by atoms with Gasteiger partial charge in [0.25, 0.3) is 5.91 Å². The van der Waals surface area contributed by atoms with Crippen LogP contribution in [-0.4, -0.2) is 35.1 Å². The lowest BCUT2D eigenvalue weighted by Gasteiger charge is -2.22. The van der Waals surface area contributed by atoms with E-state index in [1.807, 2.05) is 0 Å². The van der Waals surface area contributed by atoms with Crippen LogP contribution in [0.4, 0.5) is 18.9 Å². The van der Waals surface area contributed by atoms with Crippen LogP contribution < -0.4 is 5.73 Å². The highest BCUT2D eigenvalue weighted by atomic mass is 35.5. The predicted molar refractivity (Wildman–Crippen MR) is 61.3 cm³/mol. The zero-order valence-electron chi connectivity index (χ0n) is 9.46. The monoisotopic (exact) mass is 281 g/mol. The summed E-state index contributed by atoms with van der Waals surface area (Å²) in [5.74, 6) is -0.848. The first-order valence-electron chi connectivity index (χ1n) is 5.01. The zero-order valence-corrected chi connectivity index (χ0v) is 10.2. The molecule has 0 spiro atoms. The number of pyridine rings is 1. The van der Waals surface area contributed by atoms with Crippen LogP contribution in [0.25, 0.3) is 0 Å². The van der Waals surface area contributed by atoms with Gasteiger partial charge in [-0.3, -0.25) is 4.79 Å². The van der Waals surface area contributed by atoms with E-state index in [0.29, 0.717) is 4.90 Å². The van der Waals surface area contributed by atoms with E-state index in [4.69, 9.17) is 17.3 Å². The van der Waals surface area contributed by atoms with Crippen LogP contribution in [0.3, 0.4) is 0 Å². The Morgan fingerprint density at radius 2 is 2.17 bits per heavy atom. The molecule has 0 aliphatic heterocycles. The Morgan fingerprint density at radius 3 is 2.67 bits per heavy atom. The molecule has 4 nitrogen and oxygen atoms in total. The van der Waals surface area contributed by atoms with Crippen LogP contribution in [0.15, 0.2) is 12.3 Å². The van der Waals surface area contributed by atoms with E-state index in [0.717, 1.165) is 0 Å². The lowest BCUT2D eigenvalue weighted by Crippen LogP contribution is -2.39. The summed E-state index contributed by atoms with van der Waals surface area (Å²) in [6, 6.07) is 1.21. The van der Waals surface area contributed by atoms with Gasteiger partial charge >= 0.3 is 6.18 Å². The second-order valence-corrected chi connectivity index (χ2v) is 3.90. The normalized spacial score (nSPS) is 11.4. The smallest absolute Gasteiger partial charge is 0.397 e. The number of hydrogen-bond acceptors (Lipinski definition) is 3. The SMILES string of the molecule is CCN(CC(F)(F)F)C(=O)c1cc(N)cnc1Cl. The van der Waals surface area contributed by atoms with E-state index < -0.39 is 18.6 Å². The number of rotatable bonds is 3. The average Bonchev–Trinajstić information content (AvgIpc) is 2.27. The first-order chi connectivity index (χ1) is 8.24. The molecule has 0 saturated carbocycles. The molecule has 1 aromatic heterocycles. The van der Waals surface area contributed by atoms with Crippen LogP contribution in [0, 0.1) is 0 Å². The molecule has 1 aromatic rings. The van der Waals surface area contributed by atoms with Crippen LogP contribution in [0.2, 0.25) is 5.15 Å². The third-order valence-corrected chi connectivity index (χ3v) is 2.43. The fraction of sp³-hybridized carbons (Fsp3) is 0.400. The maximum Gasteiger partial charge on any atom is 0.406 e. The van der Waals surface area contributed by atoms with Crippen LogP contribution in [0.1, 0.15) is 17.3 Å². The lowest BCUT2D eigenvalue weighted by molar-refractivity contribution is -0.140. The summed E-state index contributed by atoms with van der Waals surface area (Å²) in [4.78, 5) is 16.1. The molecule has 0 radical (unpaired) electrons. The summed E-state index contributed by atoms with van der Waals surface area (Å²) >= 11 is 5.67. The van der Waals surface area contributed by atoms with E-state index in [1.165, 1.54) is 19.2 Å². The van der Waals surface area contributed by atoms with Gasteiger partial charge in [0.05, 0.1) is 17.4 Å². The van der Waals surface area contributed by atoms with Crippen molar-refractivity contribution in [2.45, 2.75) is 13.1 Å². The Hall–Kier alpha value is -1.50. The van der Waals surface area contributed by atoms with Crippen molar-refractivity contribution in [1.29, 1.82) is 0 Å². The molecule has 1 heterocycles. The van der Waals surface area contributed by atoms with E-state index in [-0.39, 0.29) is 22.9 Å². The number of carbonyl (C=O) groups excluding carboxylic acids is 1. The van der Waals surface area contributed by atoms with Gasteiger partial charge < -0.3 is 10.6 Å². The average molecular weight is 282 g/mol. The zero-order chi connectivity index (χ0) is 13.9. The second-order valence-electron chi connectivity index (χ2n) is 3.54. The highest BCUT2D eigenvalue weighted by Crippen LogP contribution is 2.21. The molecule has 0 aliphatic rings. The molecule has 0 atom stereocenters. The number of amides is 1. The van der Waals surface area contributed by atoms with Crippen molar-refractivity contribution in [3.8, 4) is 0 Å². The van der Waals surface area contributed by atoms with E-state index in [1.54, 1.807) is 0 Å². The number of nitrogens with zero attached hydrogens (tertiary/aromatic N) is 2. The van der Waals surface area contributed by atoms with Crippen LogP contribution >= 0.6 is 11.6 Å². The van der Waals surface area contributed by atoms with Crippen molar-refractivity contribution in [2.75, 3.05) is 18.8 Å². The van der Waals surface area contributed by atoms with Gasteiger partial charge in [0, 0.05) is 6.54 Å². The maximum atomic E-state index is 12.3. The van der Waals surface area contributed by atoms with Crippen molar-refractivity contribution < 1.29 is 18.0 Å². The maximum absolute atomic E-state index is 12.3. The standard InChI is InChI=1S/C10H11ClF3N3O/c1-2-17(5-10(12,13)14)9(18)7-3-6(15)4-16-8(7)11/h3-4H,2,5,15H2,1H3. The first kappa shape index (κ1) is 14.6. The molecule has 0 aliphatic carbocycles. The molecule has 0 bridgehead atoms. The number of halogens is 4. The Kier molecular flexibility index (Phi) is 4.39. The van der Waals surface area contributed by atoms with Crippen molar-refractivity contribution in [1.82, 2.24) is 9.88 Å². The fourth-order valence-corrected chi connectivity index (χ4v) is 1.51.